The van der Waals surface area contributed by atoms with Crippen LogP contribution in [0.3, 0.4) is 0 Å². The van der Waals surface area contributed by atoms with E-state index in [1.165, 1.54) is 16.8 Å². The number of anilines is 2. The number of rotatable bonds is 3. The van der Waals surface area contributed by atoms with Crippen molar-refractivity contribution in [2.75, 3.05) is 19.1 Å². The summed E-state index contributed by atoms with van der Waals surface area (Å²) in [4.78, 5) is 2.20. The topological polar surface area (TPSA) is 12.5 Å². The first-order valence-electron chi connectivity index (χ1n) is 6.07. The van der Waals surface area contributed by atoms with Gasteiger partial charge in [0.2, 0.25) is 0 Å². The molecule has 0 aromatic heterocycles. The van der Waals surface area contributed by atoms with Crippen molar-refractivity contribution in [2.24, 2.45) is 0 Å². The highest BCUT2D eigenvalue weighted by Crippen LogP contribution is 2.28. The molecule has 2 heteroatoms. The molecule has 18 heavy (non-hydrogen) atoms. The van der Waals surface area contributed by atoms with Crippen LogP contribution >= 0.6 is 0 Å². The van der Waals surface area contributed by atoms with E-state index in [9.17, 15) is 0 Å². The highest BCUT2D eigenvalue weighted by atomic mass is 16.5. The number of methoxy groups -OCH3 is 1. The molecular formula is C16H19NO. The molecule has 0 fully saturated rings. The average Bonchev–Trinajstić information content (AvgIpc) is 2.41. The predicted molar refractivity (Wildman–Crippen MR) is 77.0 cm³/mol. The summed E-state index contributed by atoms with van der Waals surface area (Å²) in [5, 5.41) is 0. The van der Waals surface area contributed by atoms with Gasteiger partial charge in [-0.2, -0.15) is 0 Å². The number of benzene rings is 2. The molecule has 0 aliphatic rings. The van der Waals surface area contributed by atoms with Gasteiger partial charge in [0.15, 0.2) is 0 Å². The smallest absolute Gasteiger partial charge is 0.119 e. The lowest BCUT2D eigenvalue weighted by Gasteiger charge is -2.22. The van der Waals surface area contributed by atoms with E-state index in [-0.39, 0.29) is 0 Å². The fourth-order valence-electron chi connectivity index (χ4n) is 2.03. The molecule has 2 aromatic carbocycles. The monoisotopic (exact) mass is 241 g/mol. The van der Waals surface area contributed by atoms with Crippen LogP contribution in [0.4, 0.5) is 11.4 Å². The molecule has 0 amide bonds. The second-order valence-electron chi connectivity index (χ2n) is 4.55. The minimum Gasteiger partial charge on any atom is -0.497 e. The molecular weight excluding hydrogens is 222 g/mol. The third-order valence-corrected chi connectivity index (χ3v) is 3.19. The van der Waals surface area contributed by atoms with E-state index < -0.39 is 0 Å². The van der Waals surface area contributed by atoms with Crippen molar-refractivity contribution in [3.63, 3.8) is 0 Å². The molecule has 94 valence electrons. The molecule has 0 aliphatic carbocycles. The highest BCUT2D eigenvalue weighted by Gasteiger charge is 2.07. The SMILES string of the molecule is COc1ccc(N(C)c2cc(C)ccc2C)cc1. The molecule has 0 saturated heterocycles. The van der Waals surface area contributed by atoms with Gasteiger partial charge in [-0.25, -0.2) is 0 Å². The van der Waals surface area contributed by atoms with Gasteiger partial charge in [-0.15, -0.1) is 0 Å². The Morgan fingerprint density at radius 2 is 1.61 bits per heavy atom. The summed E-state index contributed by atoms with van der Waals surface area (Å²) in [5.41, 5.74) is 4.94. The molecule has 0 heterocycles. The molecule has 0 aliphatic heterocycles. The minimum atomic E-state index is 0.883. The van der Waals surface area contributed by atoms with Crippen LogP contribution in [-0.2, 0) is 0 Å². The van der Waals surface area contributed by atoms with Crippen molar-refractivity contribution in [1.82, 2.24) is 0 Å². The molecule has 0 saturated carbocycles. The molecule has 0 atom stereocenters. The Labute approximate surface area is 109 Å². The van der Waals surface area contributed by atoms with Crippen molar-refractivity contribution in [2.45, 2.75) is 13.8 Å². The van der Waals surface area contributed by atoms with Gasteiger partial charge >= 0.3 is 0 Å². The quantitative estimate of drug-likeness (QED) is 0.802. The van der Waals surface area contributed by atoms with E-state index in [0.717, 1.165) is 11.4 Å². The Kier molecular flexibility index (Phi) is 3.56. The van der Waals surface area contributed by atoms with E-state index in [1.54, 1.807) is 7.11 Å². The Morgan fingerprint density at radius 3 is 2.22 bits per heavy atom. The normalized spacial score (nSPS) is 10.2. The van der Waals surface area contributed by atoms with Gasteiger partial charge in [-0.3, -0.25) is 0 Å². The zero-order valence-electron chi connectivity index (χ0n) is 11.4. The summed E-state index contributed by atoms with van der Waals surface area (Å²) in [5.74, 6) is 0.883. The molecule has 0 spiro atoms. The van der Waals surface area contributed by atoms with Crippen LogP contribution in [-0.4, -0.2) is 14.2 Å². The fourth-order valence-corrected chi connectivity index (χ4v) is 2.03. The van der Waals surface area contributed by atoms with E-state index in [2.05, 4.69) is 56.1 Å². The summed E-state index contributed by atoms with van der Waals surface area (Å²) in [6.45, 7) is 4.25. The average molecular weight is 241 g/mol. The molecule has 0 radical (unpaired) electrons. The predicted octanol–water partition coefficient (Wildman–Crippen LogP) is 4.08. The lowest BCUT2D eigenvalue weighted by atomic mass is 10.1. The van der Waals surface area contributed by atoms with Crippen LogP contribution < -0.4 is 9.64 Å². The van der Waals surface area contributed by atoms with Crippen molar-refractivity contribution in [3.05, 3.63) is 53.6 Å². The molecule has 2 nitrogen and oxygen atoms in total. The first-order chi connectivity index (χ1) is 8.61. The number of aryl methyl sites for hydroxylation is 2. The van der Waals surface area contributed by atoms with E-state index in [4.69, 9.17) is 4.74 Å². The van der Waals surface area contributed by atoms with Crippen LogP contribution in [0.25, 0.3) is 0 Å². The Bertz CT molecular complexity index is 531. The molecule has 2 rings (SSSR count). The van der Waals surface area contributed by atoms with Crippen LogP contribution in [0.2, 0.25) is 0 Å². The number of hydrogen-bond donors (Lipinski definition) is 0. The molecule has 0 N–H and O–H groups in total. The maximum absolute atomic E-state index is 5.18. The van der Waals surface area contributed by atoms with Crippen LogP contribution in [0.5, 0.6) is 5.75 Å². The van der Waals surface area contributed by atoms with Gasteiger partial charge in [0, 0.05) is 18.4 Å². The lowest BCUT2D eigenvalue weighted by molar-refractivity contribution is 0.415. The summed E-state index contributed by atoms with van der Waals surface area (Å²) in [6, 6.07) is 14.6. The number of nitrogens with zero attached hydrogens (tertiary/aromatic N) is 1. The van der Waals surface area contributed by atoms with Crippen molar-refractivity contribution in [3.8, 4) is 5.75 Å². The van der Waals surface area contributed by atoms with E-state index in [0.29, 0.717) is 0 Å². The zero-order chi connectivity index (χ0) is 13.1. The van der Waals surface area contributed by atoms with Gasteiger partial charge in [-0.1, -0.05) is 12.1 Å². The summed E-state index contributed by atoms with van der Waals surface area (Å²) < 4.78 is 5.18. The van der Waals surface area contributed by atoms with Crippen LogP contribution in [0, 0.1) is 13.8 Å². The lowest BCUT2D eigenvalue weighted by Crippen LogP contribution is -2.10. The Hall–Kier alpha value is -1.96. The Morgan fingerprint density at radius 1 is 0.944 bits per heavy atom. The van der Waals surface area contributed by atoms with Gasteiger partial charge in [-0.05, 0) is 55.3 Å². The maximum Gasteiger partial charge on any atom is 0.119 e. The van der Waals surface area contributed by atoms with E-state index in [1.807, 2.05) is 12.1 Å². The highest BCUT2D eigenvalue weighted by molar-refractivity contribution is 5.66. The number of ether oxygens (including phenoxy) is 1. The summed E-state index contributed by atoms with van der Waals surface area (Å²) >= 11 is 0. The van der Waals surface area contributed by atoms with Gasteiger partial charge in [0.25, 0.3) is 0 Å². The first-order valence-corrected chi connectivity index (χ1v) is 6.07. The minimum absolute atomic E-state index is 0.883. The standard InChI is InChI=1S/C16H19NO/c1-12-5-6-13(2)16(11-12)17(3)14-7-9-15(18-4)10-8-14/h5-11H,1-4H3. The summed E-state index contributed by atoms with van der Waals surface area (Å²) in [7, 11) is 3.77. The second-order valence-corrected chi connectivity index (χ2v) is 4.55. The molecule has 0 unspecified atom stereocenters. The molecule has 2 aromatic rings. The maximum atomic E-state index is 5.18. The van der Waals surface area contributed by atoms with Gasteiger partial charge < -0.3 is 9.64 Å². The van der Waals surface area contributed by atoms with Crippen molar-refractivity contribution < 1.29 is 4.74 Å². The van der Waals surface area contributed by atoms with Crippen LogP contribution in [0.15, 0.2) is 42.5 Å². The number of hydrogen-bond acceptors (Lipinski definition) is 2. The van der Waals surface area contributed by atoms with Crippen LogP contribution in [0.1, 0.15) is 11.1 Å². The van der Waals surface area contributed by atoms with Crippen molar-refractivity contribution >= 4 is 11.4 Å². The largest absolute Gasteiger partial charge is 0.497 e. The third-order valence-electron chi connectivity index (χ3n) is 3.19. The van der Waals surface area contributed by atoms with Gasteiger partial charge in [0.05, 0.1) is 7.11 Å². The zero-order valence-corrected chi connectivity index (χ0v) is 11.4. The fraction of sp³-hybridized carbons (Fsp3) is 0.250. The van der Waals surface area contributed by atoms with E-state index >= 15 is 0 Å². The molecule has 0 bridgehead atoms. The second kappa shape index (κ2) is 5.13. The summed E-state index contributed by atoms with van der Waals surface area (Å²) in [6.07, 6.45) is 0. The first kappa shape index (κ1) is 12.5. The third kappa shape index (κ3) is 2.48. The van der Waals surface area contributed by atoms with Crippen molar-refractivity contribution in [1.29, 1.82) is 0 Å². The Balaban J connectivity index is 2.34. The van der Waals surface area contributed by atoms with Gasteiger partial charge in [0.1, 0.15) is 5.75 Å².